The Morgan fingerprint density at radius 1 is 0.862 bits per heavy atom. The van der Waals surface area contributed by atoms with Gasteiger partial charge in [-0.15, -0.1) is 0 Å². The van der Waals surface area contributed by atoms with Crippen LogP contribution in [-0.4, -0.2) is 34.0 Å². The fourth-order valence-electron chi connectivity index (χ4n) is 4.14. The van der Waals surface area contributed by atoms with Gasteiger partial charge in [0, 0.05) is 16.9 Å². The molecule has 0 bridgehead atoms. The molecular weight excluding hydrogens is 364 g/mol. The van der Waals surface area contributed by atoms with Crippen LogP contribution in [0.5, 0.6) is 11.5 Å². The average molecular weight is 397 g/mol. The lowest BCUT2D eigenvalue weighted by molar-refractivity contribution is 0.262. The number of methoxy groups -OCH3 is 3. The molecule has 29 heavy (non-hydrogen) atoms. The number of rotatable bonds is 6. The van der Waals surface area contributed by atoms with Gasteiger partial charge in [-0.25, -0.2) is 0 Å². The number of ether oxygens (including phenoxy) is 3. The minimum Gasteiger partial charge on any atom is -0.496 e. The SMILES string of the molecule is CCC1=C(OC)N(c2ccc(OC)c(C)c2)CN(c2ccc(OC)c(C)c2)C1C. The molecule has 5 nitrogen and oxygen atoms in total. The summed E-state index contributed by atoms with van der Waals surface area (Å²) in [6.07, 6.45) is 0.918. The van der Waals surface area contributed by atoms with Crippen LogP contribution in [0, 0.1) is 13.8 Å². The first kappa shape index (κ1) is 20.9. The Balaban J connectivity index is 2.07. The quantitative estimate of drug-likeness (QED) is 0.665. The number of benzene rings is 2. The topological polar surface area (TPSA) is 34.2 Å². The molecule has 0 radical (unpaired) electrons. The fraction of sp³-hybridized carbons (Fsp3) is 0.417. The van der Waals surface area contributed by atoms with Crippen LogP contribution >= 0.6 is 0 Å². The number of aryl methyl sites for hydroxylation is 2. The van der Waals surface area contributed by atoms with Crippen molar-refractivity contribution in [3.8, 4) is 11.5 Å². The first-order chi connectivity index (χ1) is 13.9. The minimum atomic E-state index is 0.235. The monoisotopic (exact) mass is 396 g/mol. The van der Waals surface area contributed by atoms with Crippen LogP contribution in [0.3, 0.4) is 0 Å². The molecular formula is C24H32N2O3. The van der Waals surface area contributed by atoms with E-state index < -0.39 is 0 Å². The summed E-state index contributed by atoms with van der Waals surface area (Å²) in [6.45, 7) is 9.28. The molecule has 0 amide bonds. The molecule has 0 aromatic heterocycles. The summed E-state index contributed by atoms with van der Waals surface area (Å²) in [5.41, 5.74) is 5.77. The van der Waals surface area contributed by atoms with Gasteiger partial charge in [-0.1, -0.05) is 6.92 Å². The minimum absolute atomic E-state index is 0.235. The van der Waals surface area contributed by atoms with Gasteiger partial charge in [-0.05, 0) is 74.7 Å². The molecule has 0 fully saturated rings. The van der Waals surface area contributed by atoms with E-state index in [0.717, 1.165) is 40.6 Å². The number of hydrogen-bond donors (Lipinski definition) is 0. The summed E-state index contributed by atoms with van der Waals surface area (Å²) in [5.74, 6) is 2.73. The molecule has 5 heteroatoms. The van der Waals surface area contributed by atoms with Crippen LogP contribution in [0.15, 0.2) is 47.9 Å². The van der Waals surface area contributed by atoms with Gasteiger partial charge in [0.1, 0.15) is 11.5 Å². The standard InChI is InChI=1S/C24H32N2O3/c1-8-21-18(4)25(19-9-11-22(27-5)16(2)13-19)15-26(24(21)29-7)20-10-12-23(28-6)17(3)14-20/h9-14,18H,8,15H2,1-7H3. The third-order valence-corrected chi connectivity index (χ3v) is 5.76. The molecule has 156 valence electrons. The summed E-state index contributed by atoms with van der Waals surface area (Å²) < 4.78 is 16.8. The summed E-state index contributed by atoms with van der Waals surface area (Å²) in [7, 11) is 5.17. The molecule has 1 aliphatic heterocycles. The zero-order chi connectivity index (χ0) is 21.1. The van der Waals surface area contributed by atoms with Crippen LogP contribution in [0.2, 0.25) is 0 Å². The molecule has 0 saturated heterocycles. The molecule has 1 unspecified atom stereocenters. The molecule has 0 N–H and O–H groups in total. The molecule has 3 rings (SSSR count). The van der Waals surface area contributed by atoms with Crippen molar-refractivity contribution in [3.63, 3.8) is 0 Å². The van der Waals surface area contributed by atoms with Crippen LogP contribution in [-0.2, 0) is 4.74 Å². The first-order valence-corrected chi connectivity index (χ1v) is 10.1. The van der Waals surface area contributed by atoms with Crippen LogP contribution in [0.4, 0.5) is 11.4 Å². The van der Waals surface area contributed by atoms with E-state index >= 15 is 0 Å². The molecule has 0 aliphatic carbocycles. The van der Waals surface area contributed by atoms with E-state index in [1.54, 1.807) is 21.3 Å². The van der Waals surface area contributed by atoms with Crippen molar-refractivity contribution in [1.29, 1.82) is 0 Å². The van der Waals surface area contributed by atoms with Gasteiger partial charge >= 0.3 is 0 Å². The zero-order valence-corrected chi connectivity index (χ0v) is 18.6. The third kappa shape index (κ3) is 3.86. The highest BCUT2D eigenvalue weighted by molar-refractivity contribution is 5.63. The Hall–Kier alpha value is -2.82. The Bertz CT molecular complexity index is 907. The lowest BCUT2D eigenvalue weighted by atomic mass is 10.0. The highest BCUT2D eigenvalue weighted by Gasteiger charge is 2.32. The third-order valence-electron chi connectivity index (χ3n) is 5.76. The van der Waals surface area contributed by atoms with Gasteiger partial charge in [0.25, 0.3) is 0 Å². The second-order valence-electron chi connectivity index (χ2n) is 7.41. The lowest BCUT2D eigenvalue weighted by Gasteiger charge is -2.44. The van der Waals surface area contributed by atoms with Gasteiger partial charge in [0.15, 0.2) is 5.88 Å². The van der Waals surface area contributed by atoms with Gasteiger partial charge in [0.2, 0.25) is 0 Å². The fourth-order valence-corrected chi connectivity index (χ4v) is 4.14. The van der Waals surface area contributed by atoms with Crippen molar-refractivity contribution in [3.05, 3.63) is 59.0 Å². The Morgan fingerprint density at radius 3 is 1.90 bits per heavy atom. The average Bonchev–Trinajstić information content (AvgIpc) is 2.73. The molecule has 1 heterocycles. The van der Waals surface area contributed by atoms with Crippen LogP contribution in [0.1, 0.15) is 31.4 Å². The highest BCUT2D eigenvalue weighted by Crippen LogP contribution is 2.36. The Morgan fingerprint density at radius 2 is 1.41 bits per heavy atom. The predicted octanol–water partition coefficient (Wildman–Crippen LogP) is 5.26. The second-order valence-corrected chi connectivity index (χ2v) is 7.41. The van der Waals surface area contributed by atoms with Gasteiger partial charge in [-0.3, -0.25) is 4.90 Å². The molecule has 1 atom stereocenters. The van der Waals surface area contributed by atoms with E-state index in [1.807, 2.05) is 12.1 Å². The summed E-state index contributed by atoms with van der Waals surface area (Å²) >= 11 is 0. The normalized spacial score (nSPS) is 16.9. The zero-order valence-electron chi connectivity index (χ0n) is 18.6. The number of hydrogen-bond acceptors (Lipinski definition) is 5. The molecule has 0 spiro atoms. The number of nitrogens with zero attached hydrogens (tertiary/aromatic N) is 2. The molecule has 2 aromatic carbocycles. The van der Waals surface area contributed by atoms with E-state index in [1.165, 1.54) is 11.3 Å². The highest BCUT2D eigenvalue weighted by atomic mass is 16.5. The Kier molecular flexibility index (Phi) is 6.26. The van der Waals surface area contributed by atoms with E-state index in [2.05, 4.69) is 61.8 Å². The summed E-state index contributed by atoms with van der Waals surface area (Å²) in [6, 6.07) is 12.9. The smallest absolute Gasteiger partial charge is 0.196 e. The molecule has 0 saturated carbocycles. The van der Waals surface area contributed by atoms with Crippen molar-refractivity contribution < 1.29 is 14.2 Å². The molecule has 2 aromatic rings. The van der Waals surface area contributed by atoms with Crippen molar-refractivity contribution in [2.24, 2.45) is 0 Å². The number of anilines is 2. The van der Waals surface area contributed by atoms with Gasteiger partial charge < -0.3 is 19.1 Å². The maximum atomic E-state index is 5.90. The van der Waals surface area contributed by atoms with E-state index in [-0.39, 0.29) is 6.04 Å². The van der Waals surface area contributed by atoms with E-state index in [9.17, 15) is 0 Å². The Labute approximate surface area is 174 Å². The molecule has 1 aliphatic rings. The van der Waals surface area contributed by atoms with Crippen LogP contribution in [0.25, 0.3) is 0 Å². The van der Waals surface area contributed by atoms with Crippen molar-refractivity contribution in [1.82, 2.24) is 0 Å². The van der Waals surface area contributed by atoms with E-state index in [4.69, 9.17) is 14.2 Å². The lowest BCUT2D eigenvalue weighted by Crippen LogP contribution is -2.49. The first-order valence-electron chi connectivity index (χ1n) is 10.1. The maximum absolute atomic E-state index is 5.90. The summed E-state index contributed by atoms with van der Waals surface area (Å²) in [4.78, 5) is 4.65. The van der Waals surface area contributed by atoms with Gasteiger partial charge in [-0.2, -0.15) is 0 Å². The van der Waals surface area contributed by atoms with Crippen LogP contribution < -0.4 is 19.3 Å². The second kappa shape index (κ2) is 8.68. The summed E-state index contributed by atoms with van der Waals surface area (Å²) in [5, 5.41) is 0. The van der Waals surface area contributed by atoms with Crippen molar-refractivity contribution in [2.45, 2.75) is 40.2 Å². The largest absolute Gasteiger partial charge is 0.496 e. The van der Waals surface area contributed by atoms with Crippen molar-refractivity contribution >= 4 is 11.4 Å². The predicted molar refractivity (Wildman–Crippen MR) is 119 cm³/mol. The van der Waals surface area contributed by atoms with Gasteiger partial charge in [0.05, 0.1) is 34.0 Å². The van der Waals surface area contributed by atoms with E-state index in [0.29, 0.717) is 6.67 Å². The van der Waals surface area contributed by atoms with Crippen molar-refractivity contribution in [2.75, 3.05) is 37.8 Å². The maximum Gasteiger partial charge on any atom is 0.196 e.